The number of carbonyl (C=O) groups is 1. The first-order valence-electron chi connectivity index (χ1n) is 7.23. The first-order valence-corrected chi connectivity index (χ1v) is 8.11. The van der Waals surface area contributed by atoms with Crippen LogP contribution in [0.25, 0.3) is 11.3 Å². The number of aromatic nitrogens is 1. The average Bonchev–Trinajstić information content (AvgIpc) is 3.10. The summed E-state index contributed by atoms with van der Waals surface area (Å²) in [5.41, 5.74) is 1.59. The van der Waals surface area contributed by atoms with Gasteiger partial charge < -0.3 is 4.74 Å². The van der Waals surface area contributed by atoms with Crippen molar-refractivity contribution in [2.45, 2.75) is 0 Å². The van der Waals surface area contributed by atoms with Gasteiger partial charge in [0.15, 0.2) is 10.9 Å². The van der Waals surface area contributed by atoms with Crippen molar-refractivity contribution in [2.75, 3.05) is 12.4 Å². The van der Waals surface area contributed by atoms with E-state index in [9.17, 15) is 14.9 Å². The Kier molecular flexibility index (Phi) is 4.71. The number of rotatable bonds is 5. The maximum Gasteiger partial charge on any atom is 0.311 e. The highest BCUT2D eigenvalue weighted by molar-refractivity contribution is 7.14. The number of benzene rings is 2. The van der Waals surface area contributed by atoms with E-state index in [0.717, 1.165) is 11.3 Å². The topological polar surface area (TPSA) is 94.4 Å². The molecular formula is C17H13N3O4S. The van der Waals surface area contributed by atoms with E-state index in [1.807, 2.05) is 35.7 Å². The minimum atomic E-state index is -0.591. The van der Waals surface area contributed by atoms with Gasteiger partial charge in [0.25, 0.3) is 5.91 Å². The van der Waals surface area contributed by atoms with E-state index in [1.165, 1.54) is 36.6 Å². The highest BCUT2D eigenvalue weighted by atomic mass is 32.1. The minimum Gasteiger partial charge on any atom is -0.490 e. The molecular weight excluding hydrogens is 342 g/mol. The average molecular weight is 355 g/mol. The fourth-order valence-corrected chi connectivity index (χ4v) is 2.93. The van der Waals surface area contributed by atoms with Gasteiger partial charge in [-0.25, -0.2) is 4.98 Å². The second-order valence-electron chi connectivity index (χ2n) is 5.00. The van der Waals surface area contributed by atoms with Crippen molar-refractivity contribution in [3.8, 4) is 17.0 Å². The monoisotopic (exact) mass is 355 g/mol. The van der Waals surface area contributed by atoms with Crippen molar-refractivity contribution < 1.29 is 14.5 Å². The van der Waals surface area contributed by atoms with E-state index in [1.54, 1.807) is 0 Å². The first kappa shape index (κ1) is 16.6. The predicted molar refractivity (Wildman–Crippen MR) is 95.2 cm³/mol. The summed E-state index contributed by atoms with van der Waals surface area (Å²) >= 11 is 1.28. The van der Waals surface area contributed by atoms with Crippen LogP contribution in [-0.2, 0) is 0 Å². The number of hydrogen-bond acceptors (Lipinski definition) is 6. The van der Waals surface area contributed by atoms with Gasteiger partial charge in [0.2, 0.25) is 0 Å². The van der Waals surface area contributed by atoms with Crippen LogP contribution in [0.1, 0.15) is 10.4 Å². The largest absolute Gasteiger partial charge is 0.490 e. The van der Waals surface area contributed by atoms with Crippen molar-refractivity contribution in [1.29, 1.82) is 0 Å². The maximum absolute atomic E-state index is 12.3. The number of hydrogen-bond donors (Lipinski definition) is 1. The summed E-state index contributed by atoms with van der Waals surface area (Å²) in [6.07, 6.45) is 0. The standard InChI is InChI=1S/C17H13N3O4S/c1-24-15-8-7-12(9-14(15)20(22)23)16(21)19-17-18-13(10-25-17)11-5-3-2-4-6-11/h2-10H,1H3,(H,18,19,21). The van der Waals surface area contributed by atoms with Gasteiger partial charge in [-0.15, -0.1) is 11.3 Å². The predicted octanol–water partition coefficient (Wildman–Crippen LogP) is 3.98. The molecule has 2 aromatic carbocycles. The molecule has 0 bridgehead atoms. The Hall–Kier alpha value is -3.26. The summed E-state index contributed by atoms with van der Waals surface area (Å²) < 4.78 is 4.93. The molecule has 0 saturated carbocycles. The van der Waals surface area contributed by atoms with E-state index in [2.05, 4.69) is 10.3 Å². The lowest BCUT2D eigenvalue weighted by molar-refractivity contribution is -0.385. The Balaban J connectivity index is 1.80. The molecule has 8 heteroatoms. The Morgan fingerprint density at radius 3 is 2.68 bits per heavy atom. The zero-order chi connectivity index (χ0) is 17.8. The van der Waals surface area contributed by atoms with Crippen LogP contribution in [-0.4, -0.2) is 22.9 Å². The van der Waals surface area contributed by atoms with Crippen molar-refractivity contribution in [1.82, 2.24) is 4.98 Å². The number of thiazole rings is 1. The highest BCUT2D eigenvalue weighted by Crippen LogP contribution is 2.29. The summed E-state index contributed by atoms with van der Waals surface area (Å²) in [5.74, 6) is -0.373. The normalized spacial score (nSPS) is 10.3. The molecule has 0 atom stereocenters. The molecule has 3 aromatic rings. The molecule has 7 nitrogen and oxygen atoms in total. The quantitative estimate of drug-likeness (QED) is 0.552. The van der Waals surface area contributed by atoms with Crippen molar-refractivity contribution in [2.24, 2.45) is 0 Å². The lowest BCUT2D eigenvalue weighted by Crippen LogP contribution is -2.12. The molecule has 0 aliphatic carbocycles. The number of nitrogens with one attached hydrogen (secondary N) is 1. The van der Waals surface area contributed by atoms with Crippen LogP contribution in [0.2, 0.25) is 0 Å². The van der Waals surface area contributed by atoms with Crippen LogP contribution in [0.3, 0.4) is 0 Å². The summed E-state index contributed by atoms with van der Waals surface area (Å²) in [7, 11) is 1.34. The van der Waals surface area contributed by atoms with Crippen molar-refractivity contribution in [3.05, 3.63) is 69.6 Å². The Morgan fingerprint density at radius 2 is 2.00 bits per heavy atom. The number of carbonyl (C=O) groups excluding carboxylic acids is 1. The third-order valence-electron chi connectivity index (χ3n) is 3.43. The number of amides is 1. The van der Waals surface area contributed by atoms with Gasteiger partial charge in [-0.1, -0.05) is 30.3 Å². The molecule has 25 heavy (non-hydrogen) atoms. The molecule has 0 radical (unpaired) electrons. The molecule has 126 valence electrons. The fraction of sp³-hybridized carbons (Fsp3) is 0.0588. The van der Waals surface area contributed by atoms with Gasteiger partial charge in [0.05, 0.1) is 17.7 Å². The summed E-state index contributed by atoms with van der Waals surface area (Å²) in [6.45, 7) is 0. The lowest BCUT2D eigenvalue weighted by atomic mass is 10.1. The van der Waals surface area contributed by atoms with Crippen molar-refractivity contribution >= 4 is 28.1 Å². The van der Waals surface area contributed by atoms with Crippen LogP contribution in [0.15, 0.2) is 53.9 Å². The van der Waals surface area contributed by atoms with E-state index in [4.69, 9.17) is 4.74 Å². The third-order valence-corrected chi connectivity index (χ3v) is 4.19. The second-order valence-corrected chi connectivity index (χ2v) is 5.86. The van der Waals surface area contributed by atoms with E-state index >= 15 is 0 Å². The Bertz CT molecular complexity index is 925. The number of anilines is 1. The molecule has 0 unspecified atom stereocenters. The second kappa shape index (κ2) is 7.10. The maximum atomic E-state index is 12.3. The van der Waals surface area contributed by atoms with Crippen molar-refractivity contribution in [3.63, 3.8) is 0 Å². The molecule has 3 rings (SSSR count). The first-order chi connectivity index (χ1) is 12.1. The van der Waals surface area contributed by atoms with Gasteiger partial charge >= 0.3 is 5.69 Å². The molecule has 1 amide bonds. The minimum absolute atomic E-state index is 0.0992. The van der Waals surface area contributed by atoms with E-state index in [-0.39, 0.29) is 17.0 Å². The van der Waals surface area contributed by atoms with Gasteiger partial charge in [-0.3, -0.25) is 20.2 Å². The molecule has 0 aliphatic heterocycles. The van der Waals surface area contributed by atoms with Crippen LogP contribution in [0.5, 0.6) is 5.75 Å². The molecule has 0 spiro atoms. The number of methoxy groups -OCH3 is 1. The Morgan fingerprint density at radius 1 is 1.24 bits per heavy atom. The van der Waals surface area contributed by atoms with E-state index in [0.29, 0.717) is 5.13 Å². The summed E-state index contributed by atoms with van der Waals surface area (Å²) in [4.78, 5) is 27.2. The highest BCUT2D eigenvalue weighted by Gasteiger charge is 2.19. The van der Waals surface area contributed by atoms with Gasteiger partial charge in [-0.2, -0.15) is 0 Å². The van der Waals surface area contributed by atoms with Crippen LogP contribution in [0, 0.1) is 10.1 Å². The number of nitrogens with zero attached hydrogens (tertiary/aromatic N) is 2. The molecule has 0 aliphatic rings. The Labute approximate surface area is 147 Å². The molecule has 1 heterocycles. The van der Waals surface area contributed by atoms with Crippen LogP contribution >= 0.6 is 11.3 Å². The summed E-state index contributed by atoms with van der Waals surface area (Å²) in [6, 6.07) is 13.6. The number of ether oxygens (including phenoxy) is 1. The smallest absolute Gasteiger partial charge is 0.311 e. The number of nitro groups is 1. The third kappa shape index (κ3) is 3.64. The zero-order valence-corrected chi connectivity index (χ0v) is 13.9. The SMILES string of the molecule is COc1ccc(C(=O)Nc2nc(-c3ccccc3)cs2)cc1[N+](=O)[O-]. The molecule has 1 N–H and O–H groups in total. The van der Waals surface area contributed by atoms with Gasteiger partial charge in [-0.05, 0) is 12.1 Å². The fourth-order valence-electron chi connectivity index (χ4n) is 2.22. The van der Waals surface area contributed by atoms with Crippen LogP contribution < -0.4 is 10.1 Å². The summed E-state index contributed by atoms with van der Waals surface area (Å²) in [5, 5.41) is 16.0. The lowest BCUT2D eigenvalue weighted by Gasteiger charge is -2.05. The molecule has 0 saturated heterocycles. The van der Waals surface area contributed by atoms with Gasteiger partial charge in [0.1, 0.15) is 0 Å². The molecule has 0 fully saturated rings. The van der Waals surface area contributed by atoms with Gasteiger partial charge in [0, 0.05) is 22.6 Å². The zero-order valence-electron chi connectivity index (χ0n) is 13.1. The molecule has 1 aromatic heterocycles. The van der Waals surface area contributed by atoms with E-state index < -0.39 is 10.8 Å². The number of nitro benzene ring substituents is 1. The van der Waals surface area contributed by atoms with Crippen LogP contribution in [0.4, 0.5) is 10.8 Å².